The summed E-state index contributed by atoms with van der Waals surface area (Å²) < 4.78 is 0. The molecule has 0 bridgehead atoms. The number of hydrogen-bond donors (Lipinski definition) is 12. The monoisotopic (exact) mass is 490 g/mol. The van der Waals surface area contributed by atoms with Crippen LogP contribution in [-0.2, 0) is 9.59 Å². The van der Waals surface area contributed by atoms with Crippen LogP contribution >= 0.6 is 0 Å². The van der Waals surface area contributed by atoms with Crippen LogP contribution in [0.15, 0.2) is 0 Å². The van der Waals surface area contributed by atoms with Crippen LogP contribution in [-0.4, -0.2) is 185 Å². The molecule has 2 unspecified atom stereocenters. The fourth-order valence-electron chi connectivity index (χ4n) is 1.72. The van der Waals surface area contributed by atoms with Crippen molar-refractivity contribution in [3.8, 4) is 0 Å². The van der Waals surface area contributed by atoms with Crippen molar-refractivity contribution < 1.29 is 81.1 Å². The van der Waals surface area contributed by atoms with Gasteiger partial charge in [0.2, 0.25) is 0 Å². The van der Waals surface area contributed by atoms with Crippen molar-refractivity contribution in [2.45, 2.75) is 61.0 Å². The van der Waals surface area contributed by atoms with E-state index in [1.54, 1.807) is 0 Å². The van der Waals surface area contributed by atoms with Gasteiger partial charge in [0.25, 0.3) is 0 Å². The average molecular weight is 490 g/mol. The Kier molecular flexibility index (Phi) is 19.6. The van der Waals surface area contributed by atoms with Crippen LogP contribution in [0.3, 0.4) is 0 Å². The molecule has 0 aromatic rings. The molecule has 0 amide bonds. The minimum absolute atomic E-state index is 0. The van der Waals surface area contributed by atoms with Crippen molar-refractivity contribution in [2.24, 2.45) is 0 Å². The van der Waals surface area contributed by atoms with Gasteiger partial charge in [0.05, 0.1) is 18.7 Å². The van der Waals surface area contributed by atoms with Gasteiger partial charge in [-0.1, -0.05) is 0 Å². The standard InChI is InChI=1S/C7H14O8.C7H13O8.Ca/c2*8-1-2(9)3(10)4(11)5(12)6(13)7(14)15;/h2-6,8-13H,1H2,(H,14,15);2-6,9-13H,1H2,(H,14,15);/q;-1;+2/p-1/t2*2-,3-,4+,5-,6?;/m11./s1. The van der Waals surface area contributed by atoms with E-state index in [2.05, 4.69) is 0 Å². The Bertz CT molecular complexity index is 465. The van der Waals surface area contributed by atoms with Gasteiger partial charge in [0, 0.05) is 0 Å². The van der Waals surface area contributed by atoms with Crippen molar-refractivity contribution in [3.05, 3.63) is 0 Å². The Hall–Kier alpha value is -0.280. The Labute approximate surface area is 204 Å². The van der Waals surface area contributed by atoms with Crippen molar-refractivity contribution in [1.82, 2.24) is 0 Å². The molecule has 0 aliphatic carbocycles. The van der Waals surface area contributed by atoms with E-state index < -0.39 is 86.2 Å². The molecule has 180 valence electrons. The summed E-state index contributed by atoms with van der Waals surface area (Å²) in [6.07, 6.45) is -21.0. The molecule has 0 heterocycles. The van der Waals surface area contributed by atoms with Gasteiger partial charge in [0.15, 0.2) is 6.10 Å². The minimum Gasteiger partial charge on any atom is -0.853 e. The molecule has 17 heteroatoms. The van der Waals surface area contributed by atoms with Crippen LogP contribution in [0.4, 0.5) is 0 Å². The van der Waals surface area contributed by atoms with Gasteiger partial charge in [-0.2, -0.15) is 0 Å². The van der Waals surface area contributed by atoms with Gasteiger partial charge in [-0.05, 0) is 0 Å². The van der Waals surface area contributed by atoms with E-state index in [1.807, 2.05) is 0 Å². The maximum absolute atomic E-state index is 10.2. The van der Waals surface area contributed by atoms with E-state index >= 15 is 0 Å². The predicted octanol–water partition coefficient (Wildman–Crippen LogP) is -10.6. The second kappa shape index (κ2) is 17.2. The van der Waals surface area contributed by atoms with Crippen LogP contribution in [0.2, 0.25) is 0 Å². The van der Waals surface area contributed by atoms with Crippen molar-refractivity contribution in [3.63, 3.8) is 0 Å². The van der Waals surface area contributed by atoms with Gasteiger partial charge in [-0.25, -0.2) is 4.79 Å². The number of carbonyl (C=O) groups excluding carboxylic acids is 1. The second-order valence-electron chi connectivity index (χ2n) is 5.97. The molecule has 0 aromatic heterocycles. The Morgan fingerprint density at radius 2 is 1.00 bits per heavy atom. The predicted molar refractivity (Wildman–Crippen MR) is 90.4 cm³/mol. The number of rotatable bonds is 12. The van der Waals surface area contributed by atoms with Crippen molar-refractivity contribution in [2.75, 3.05) is 13.2 Å². The molecule has 0 saturated heterocycles. The third-order valence-electron chi connectivity index (χ3n) is 3.69. The van der Waals surface area contributed by atoms with Crippen LogP contribution in [0.1, 0.15) is 0 Å². The molecule has 0 fully saturated rings. The Morgan fingerprint density at radius 1 is 0.645 bits per heavy atom. The van der Waals surface area contributed by atoms with Crippen LogP contribution in [0, 0.1) is 0 Å². The van der Waals surface area contributed by atoms with Crippen LogP contribution < -0.4 is 10.2 Å². The molecule has 0 aliphatic rings. The molecule has 16 nitrogen and oxygen atoms in total. The summed E-state index contributed by atoms with van der Waals surface area (Å²) >= 11 is 0. The zero-order valence-corrected chi connectivity index (χ0v) is 18.1. The summed E-state index contributed by atoms with van der Waals surface area (Å²) in [5.74, 6) is -3.84. The van der Waals surface area contributed by atoms with Crippen molar-refractivity contribution in [1.29, 1.82) is 0 Å². The first-order chi connectivity index (χ1) is 13.6. The van der Waals surface area contributed by atoms with Gasteiger partial charge in [-0.3, -0.25) is 0 Å². The summed E-state index contributed by atoms with van der Waals surface area (Å²) in [6.45, 7) is -2.03. The fourth-order valence-corrected chi connectivity index (χ4v) is 1.72. The fraction of sp³-hybridized carbons (Fsp3) is 0.857. The molecule has 0 aromatic carbocycles. The molecule has 12 N–H and O–H groups in total. The summed E-state index contributed by atoms with van der Waals surface area (Å²) in [5.41, 5.74) is 0. The molecule has 0 spiro atoms. The normalized spacial score (nSPS) is 20.8. The maximum atomic E-state index is 10.2. The molecule has 0 aliphatic heterocycles. The summed E-state index contributed by atoms with van der Waals surface area (Å²) in [6, 6.07) is 0. The molecule has 31 heavy (non-hydrogen) atoms. The Morgan fingerprint density at radius 3 is 1.29 bits per heavy atom. The zero-order valence-electron chi connectivity index (χ0n) is 15.9. The number of carboxylic acid groups (broad SMARTS) is 2. The minimum atomic E-state index is -2.40. The molecule has 10 atom stereocenters. The summed E-state index contributed by atoms with van der Waals surface area (Å²) in [5, 5.41) is 126. The van der Waals surface area contributed by atoms with Gasteiger partial charge >= 0.3 is 43.7 Å². The molecular weight excluding hydrogens is 464 g/mol. The molecule has 0 radical (unpaired) electrons. The Balaban J connectivity index is -0.000000490. The first-order valence-electron chi connectivity index (χ1n) is 8.08. The maximum Gasteiger partial charge on any atom is 2.00 e. The van der Waals surface area contributed by atoms with E-state index in [1.165, 1.54) is 0 Å². The smallest absolute Gasteiger partial charge is 0.853 e. The first-order valence-corrected chi connectivity index (χ1v) is 8.08. The molecule has 0 saturated carbocycles. The largest absolute Gasteiger partial charge is 2.00 e. The molecule has 0 rings (SSSR count). The molecular formula is C14H26CaO16. The summed E-state index contributed by atoms with van der Waals surface area (Å²) in [7, 11) is 0. The first kappa shape index (κ1) is 35.3. The second-order valence-corrected chi connectivity index (χ2v) is 5.97. The summed E-state index contributed by atoms with van der Waals surface area (Å²) in [4.78, 5) is 20.3. The topological polar surface area (TPSA) is 323 Å². The third-order valence-corrected chi connectivity index (χ3v) is 3.69. The number of aliphatic hydroxyl groups is 11. The van der Waals surface area contributed by atoms with Crippen LogP contribution in [0.25, 0.3) is 0 Å². The quantitative estimate of drug-likeness (QED) is 0.113. The van der Waals surface area contributed by atoms with E-state index in [-0.39, 0.29) is 37.7 Å². The van der Waals surface area contributed by atoms with Crippen molar-refractivity contribution >= 4 is 49.7 Å². The van der Waals surface area contributed by atoms with E-state index in [4.69, 9.17) is 61.3 Å². The van der Waals surface area contributed by atoms with E-state index in [9.17, 15) is 19.8 Å². The van der Waals surface area contributed by atoms with Crippen LogP contribution in [0.5, 0.6) is 0 Å². The van der Waals surface area contributed by atoms with Gasteiger partial charge < -0.3 is 76.3 Å². The number of carbonyl (C=O) groups is 2. The number of aliphatic hydroxyl groups excluding tert-OH is 11. The number of carboxylic acids is 2. The average Bonchev–Trinajstić information content (AvgIpc) is 2.73. The SMILES string of the molecule is O=C(O)C(O)[C@H](O)[C@@H](O)[C@H](O)[C@H](O)C[O-].O=C([O-])C(O)[C@H](O)[C@@H](O)[C@H](O)[C@H](O)CO.[Ca+2]. The zero-order chi connectivity index (χ0) is 24.3. The van der Waals surface area contributed by atoms with E-state index in [0.29, 0.717) is 0 Å². The number of hydrogen-bond acceptors (Lipinski definition) is 15. The van der Waals surface area contributed by atoms with E-state index in [0.717, 1.165) is 0 Å². The van der Waals surface area contributed by atoms with Gasteiger partial charge in [-0.15, -0.1) is 6.61 Å². The number of aliphatic carboxylic acids is 2. The van der Waals surface area contributed by atoms with Gasteiger partial charge in [0.1, 0.15) is 48.8 Å². The third kappa shape index (κ3) is 11.9.